The van der Waals surface area contributed by atoms with Gasteiger partial charge < -0.3 is 4.74 Å². The van der Waals surface area contributed by atoms with Crippen LogP contribution in [0.2, 0.25) is 0 Å². The van der Waals surface area contributed by atoms with Gasteiger partial charge in [-0.1, -0.05) is 26.2 Å². The molecule has 1 fully saturated rings. The highest BCUT2D eigenvalue weighted by atomic mass is 32.1. The smallest absolute Gasteiger partial charge is 0.306 e. The molecule has 2 unspecified atom stereocenters. The van der Waals surface area contributed by atoms with Crippen LogP contribution in [0.4, 0.5) is 0 Å². The maximum Gasteiger partial charge on any atom is 0.306 e. The first-order valence-electron chi connectivity index (χ1n) is 7.82. The molecule has 1 saturated carbocycles. The fourth-order valence-electron chi connectivity index (χ4n) is 2.97. The molecule has 0 aliphatic heterocycles. The Morgan fingerprint density at radius 3 is 3.05 bits per heavy atom. The molecule has 1 aliphatic rings. The number of hydrogen-bond acceptors (Lipinski definition) is 4. The lowest BCUT2D eigenvalue weighted by Crippen LogP contribution is -2.13. The van der Waals surface area contributed by atoms with Crippen LogP contribution in [0.1, 0.15) is 69.0 Å². The number of nitrogens with zero attached hydrogens (tertiary/aromatic N) is 1. The van der Waals surface area contributed by atoms with Crippen LogP contribution in [0.5, 0.6) is 0 Å². The third-order valence-electron chi connectivity index (χ3n) is 4.17. The molecule has 1 aliphatic carbocycles. The van der Waals surface area contributed by atoms with Crippen molar-refractivity contribution in [3.05, 3.63) is 16.1 Å². The first kappa shape index (κ1) is 15.5. The molecule has 0 radical (unpaired) electrons. The Labute approximate surface area is 125 Å². The van der Waals surface area contributed by atoms with Crippen molar-refractivity contribution in [1.82, 2.24) is 4.98 Å². The van der Waals surface area contributed by atoms with Crippen LogP contribution in [-0.4, -0.2) is 17.6 Å². The van der Waals surface area contributed by atoms with Crippen molar-refractivity contribution in [3.63, 3.8) is 0 Å². The molecule has 1 aromatic rings. The fourth-order valence-corrected chi connectivity index (χ4v) is 3.98. The van der Waals surface area contributed by atoms with Crippen LogP contribution < -0.4 is 0 Å². The summed E-state index contributed by atoms with van der Waals surface area (Å²) in [4.78, 5) is 16.1. The number of thiazole rings is 1. The highest BCUT2D eigenvalue weighted by Gasteiger charge is 2.24. The third-order valence-corrected chi connectivity index (χ3v) is 5.23. The Balaban J connectivity index is 1.86. The molecule has 0 bridgehead atoms. The molecule has 0 N–H and O–H groups in total. The van der Waals surface area contributed by atoms with Crippen LogP contribution in [-0.2, 0) is 16.0 Å². The molecule has 4 heteroatoms. The summed E-state index contributed by atoms with van der Waals surface area (Å²) in [6.07, 6.45) is 7.73. The van der Waals surface area contributed by atoms with E-state index in [1.165, 1.54) is 37.1 Å². The van der Waals surface area contributed by atoms with E-state index in [9.17, 15) is 4.79 Å². The number of ether oxygens (including phenoxy) is 1. The quantitative estimate of drug-likeness (QED) is 0.734. The minimum absolute atomic E-state index is 0.120. The Morgan fingerprint density at radius 1 is 1.45 bits per heavy atom. The maximum absolute atomic E-state index is 11.4. The Bertz CT molecular complexity index is 430. The predicted octanol–water partition coefficient (Wildman–Crippen LogP) is 4.32. The maximum atomic E-state index is 11.4. The second kappa shape index (κ2) is 7.77. The van der Waals surface area contributed by atoms with E-state index >= 15 is 0 Å². The van der Waals surface area contributed by atoms with Crippen LogP contribution in [0, 0.1) is 5.92 Å². The normalized spacial score (nSPS) is 22.7. The number of carbonyl (C=O) groups is 1. The molecule has 1 heterocycles. The van der Waals surface area contributed by atoms with E-state index in [1.807, 2.05) is 6.92 Å². The summed E-state index contributed by atoms with van der Waals surface area (Å²) >= 11 is 1.77. The van der Waals surface area contributed by atoms with Crippen LogP contribution in [0.25, 0.3) is 0 Å². The minimum atomic E-state index is -0.120. The number of aromatic nitrogens is 1. The van der Waals surface area contributed by atoms with Crippen molar-refractivity contribution in [2.75, 3.05) is 6.61 Å². The molecule has 3 nitrogen and oxygen atoms in total. The second-order valence-corrected chi connectivity index (χ2v) is 6.51. The lowest BCUT2D eigenvalue weighted by molar-refractivity contribution is -0.143. The molecule has 0 aromatic carbocycles. The average molecular weight is 295 g/mol. The van der Waals surface area contributed by atoms with Gasteiger partial charge >= 0.3 is 5.97 Å². The van der Waals surface area contributed by atoms with Crippen molar-refractivity contribution < 1.29 is 9.53 Å². The fraction of sp³-hybridized carbons (Fsp3) is 0.750. The summed E-state index contributed by atoms with van der Waals surface area (Å²) in [5, 5.41) is 3.39. The van der Waals surface area contributed by atoms with Gasteiger partial charge in [0.25, 0.3) is 0 Å². The lowest BCUT2D eigenvalue weighted by Gasteiger charge is -2.26. The Kier molecular flexibility index (Phi) is 6.02. The van der Waals surface area contributed by atoms with E-state index < -0.39 is 0 Å². The molecule has 2 rings (SSSR count). The third kappa shape index (κ3) is 4.30. The van der Waals surface area contributed by atoms with E-state index in [0.717, 1.165) is 11.6 Å². The molecule has 0 spiro atoms. The second-order valence-electron chi connectivity index (χ2n) is 5.62. The first-order valence-corrected chi connectivity index (χ1v) is 8.70. The lowest BCUT2D eigenvalue weighted by atomic mass is 9.80. The van der Waals surface area contributed by atoms with E-state index in [1.54, 1.807) is 11.3 Å². The number of aryl methyl sites for hydroxylation is 1. The number of rotatable bonds is 6. The van der Waals surface area contributed by atoms with Crippen molar-refractivity contribution in [1.29, 1.82) is 0 Å². The first-order chi connectivity index (χ1) is 9.72. The van der Waals surface area contributed by atoms with Gasteiger partial charge in [-0.25, -0.2) is 4.98 Å². The minimum Gasteiger partial charge on any atom is -0.466 e. The standard InChI is InChI=1S/C16H25NO2S/c1-3-12-6-5-7-13(10-12)16-17-14(11-20-16)8-9-15(18)19-4-2/h11-13H,3-10H2,1-2H3. The molecule has 0 amide bonds. The van der Waals surface area contributed by atoms with Crippen LogP contribution >= 0.6 is 11.3 Å². The van der Waals surface area contributed by atoms with E-state index in [-0.39, 0.29) is 5.97 Å². The van der Waals surface area contributed by atoms with Gasteiger partial charge in [0, 0.05) is 17.7 Å². The van der Waals surface area contributed by atoms with Gasteiger partial charge in [-0.05, 0) is 25.7 Å². The molecule has 1 aromatic heterocycles. The summed E-state index contributed by atoms with van der Waals surface area (Å²) in [5.74, 6) is 1.40. The molecular formula is C16H25NO2S. The molecule has 0 saturated heterocycles. The topological polar surface area (TPSA) is 39.2 Å². The molecule has 2 atom stereocenters. The zero-order chi connectivity index (χ0) is 14.4. The number of hydrogen-bond donors (Lipinski definition) is 0. The van der Waals surface area contributed by atoms with Crippen LogP contribution in [0.3, 0.4) is 0 Å². The summed E-state index contributed by atoms with van der Waals surface area (Å²) < 4.78 is 4.95. The van der Waals surface area contributed by atoms with Crippen LogP contribution in [0.15, 0.2) is 5.38 Å². The molecule has 20 heavy (non-hydrogen) atoms. The molecular weight excluding hydrogens is 270 g/mol. The number of esters is 1. The van der Waals surface area contributed by atoms with E-state index in [4.69, 9.17) is 9.72 Å². The summed E-state index contributed by atoms with van der Waals surface area (Å²) in [7, 11) is 0. The largest absolute Gasteiger partial charge is 0.466 e. The van der Waals surface area contributed by atoms with Crippen molar-refractivity contribution in [3.8, 4) is 0 Å². The number of carbonyl (C=O) groups excluding carboxylic acids is 1. The average Bonchev–Trinajstić information content (AvgIpc) is 2.94. The van der Waals surface area contributed by atoms with E-state index in [2.05, 4.69) is 12.3 Å². The van der Waals surface area contributed by atoms with Crippen molar-refractivity contribution >= 4 is 17.3 Å². The van der Waals surface area contributed by atoms with Crippen molar-refractivity contribution in [2.24, 2.45) is 5.92 Å². The van der Waals surface area contributed by atoms with Gasteiger partial charge in [-0.3, -0.25) is 4.79 Å². The highest BCUT2D eigenvalue weighted by Crippen LogP contribution is 2.38. The highest BCUT2D eigenvalue weighted by molar-refractivity contribution is 7.09. The van der Waals surface area contributed by atoms with Gasteiger partial charge in [-0.15, -0.1) is 11.3 Å². The zero-order valence-electron chi connectivity index (χ0n) is 12.6. The van der Waals surface area contributed by atoms with Gasteiger partial charge in [0.1, 0.15) is 0 Å². The Hall–Kier alpha value is -0.900. The zero-order valence-corrected chi connectivity index (χ0v) is 13.4. The summed E-state index contributed by atoms with van der Waals surface area (Å²) in [6, 6.07) is 0. The van der Waals surface area contributed by atoms with Crippen molar-refractivity contribution in [2.45, 2.75) is 64.7 Å². The van der Waals surface area contributed by atoms with E-state index in [0.29, 0.717) is 25.4 Å². The summed E-state index contributed by atoms with van der Waals surface area (Å²) in [5.41, 5.74) is 1.05. The van der Waals surface area contributed by atoms with Gasteiger partial charge in [0.05, 0.1) is 23.7 Å². The van der Waals surface area contributed by atoms with Gasteiger partial charge in [0.15, 0.2) is 0 Å². The molecule has 112 valence electrons. The Morgan fingerprint density at radius 2 is 2.30 bits per heavy atom. The SMILES string of the molecule is CCOC(=O)CCc1csc(C2CCCC(CC)C2)n1. The monoisotopic (exact) mass is 295 g/mol. The summed E-state index contributed by atoms with van der Waals surface area (Å²) in [6.45, 7) is 4.59. The predicted molar refractivity (Wildman–Crippen MR) is 82.1 cm³/mol. The van der Waals surface area contributed by atoms with Gasteiger partial charge in [0.2, 0.25) is 0 Å². The van der Waals surface area contributed by atoms with Gasteiger partial charge in [-0.2, -0.15) is 0 Å².